The number of aliphatic hydroxyl groups excluding tert-OH is 2. The number of phenolic OH excluding ortho intramolecular Hbond substituents is 1. The van der Waals surface area contributed by atoms with Crippen LogP contribution in [-0.2, 0) is 27.2 Å². The SMILES string of the molecule is Cc1c(O)cccc1C(=O)N[C@@H](CSc1ccccc1)[C@H](O)CN1C[C@H]2CCCC[C@H]2C[C@H]1C(=O)NC(C)(C)C.Cc1cccc(C)c1OCC(=O)N[C@@H](Cc1ccccc1)[C@@H](O)C[C@H](Cc1ccccc1)NC(=O)[C@H](C(C)C)N1CCCNC1=O. The van der Waals surface area contributed by atoms with Gasteiger partial charge in [0.15, 0.2) is 6.61 Å². The Morgan fingerprint density at radius 2 is 1.35 bits per heavy atom. The van der Waals surface area contributed by atoms with Crippen molar-refractivity contribution in [1.82, 2.24) is 36.4 Å². The van der Waals surface area contributed by atoms with Crippen molar-refractivity contribution in [2.75, 3.05) is 38.5 Å². The number of piperidine rings is 1. The summed E-state index contributed by atoms with van der Waals surface area (Å²) in [7, 11) is 0. The number of phenols is 1. The zero-order valence-electron chi connectivity index (χ0n) is 51.6. The number of nitrogens with zero attached hydrogens (tertiary/aromatic N) is 2. The van der Waals surface area contributed by atoms with Crippen molar-refractivity contribution in [2.24, 2.45) is 17.8 Å². The highest BCUT2D eigenvalue weighted by molar-refractivity contribution is 7.99. The number of rotatable bonds is 24. The fourth-order valence-electron chi connectivity index (χ4n) is 12.2. The molecule has 8 rings (SSSR count). The molecule has 2 aliphatic heterocycles. The van der Waals surface area contributed by atoms with Crippen molar-refractivity contribution >= 4 is 41.4 Å². The van der Waals surface area contributed by atoms with Crippen molar-refractivity contribution in [3.8, 4) is 11.5 Å². The third-order valence-corrected chi connectivity index (χ3v) is 17.8. The molecule has 2 heterocycles. The molecule has 464 valence electrons. The number of β-amino-alcohol motifs (C(OH)–C–C–N with tert-alkyl or cyclic N) is 1. The number of thioether (sulfide) groups is 1. The van der Waals surface area contributed by atoms with Crippen molar-refractivity contribution in [1.29, 1.82) is 0 Å². The number of hydrogen-bond donors (Lipinski definition) is 8. The number of likely N-dealkylation sites (tertiary alicyclic amines) is 1. The second-order valence-electron chi connectivity index (χ2n) is 25.0. The highest BCUT2D eigenvalue weighted by Crippen LogP contribution is 2.39. The summed E-state index contributed by atoms with van der Waals surface area (Å²) in [6.07, 6.45) is 5.50. The van der Waals surface area contributed by atoms with E-state index >= 15 is 0 Å². The van der Waals surface area contributed by atoms with E-state index in [1.807, 2.05) is 158 Å². The molecule has 5 aromatic rings. The van der Waals surface area contributed by atoms with Gasteiger partial charge in [-0.05, 0) is 144 Å². The van der Waals surface area contributed by atoms with E-state index in [0.29, 0.717) is 66.9 Å². The largest absolute Gasteiger partial charge is 0.508 e. The molecule has 86 heavy (non-hydrogen) atoms. The minimum absolute atomic E-state index is 0.0124. The van der Waals surface area contributed by atoms with Crippen LogP contribution in [0.2, 0.25) is 0 Å². The number of hydrogen-bond acceptors (Lipinski definition) is 11. The van der Waals surface area contributed by atoms with Crippen LogP contribution >= 0.6 is 11.8 Å². The lowest BCUT2D eigenvalue weighted by molar-refractivity contribution is -0.132. The molecule has 17 heteroatoms. The Hall–Kier alpha value is -6.92. The monoisotopic (exact) mass is 1200 g/mol. The van der Waals surface area contributed by atoms with Crippen molar-refractivity contribution in [3.05, 3.63) is 161 Å². The van der Waals surface area contributed by atoms with E-state index in [1.165, 1.54) is 12.8 Å². The van der Waals surface area contributed by atoms with Crippen LogP contribution in [0, 0.1) is 38.5 Å². The molecule has 3 fully saturated rings. The molecule has 0 radical (unpaired) electrons. The molecule has 0 aromatic heterocycles. The zero-order chi connectivity index (χ0) is 61.9. The van der Waals surface area contributed by atoms with Crippen LogP contribution in [0.1, 0.15) is 118 Å². The number of aliphatic hydroxyl groups is 2. The molecule has 9 atom stereocenters. The normalized spacial score (nSPS) is 19.2. The van der Waals surface area contributed by atoms with Crippen LogP contribution in [0.3, 0.4) is 0 Å². The van der Waals surface area contributed by atoms with Crippen LogP contribution in [0.25, 0.3) is 0 Å². The maximum Gasteiger partial charge on any atom is 0.318 e. The molecule has 1 aliphatic carbocycles. The minimum atomic E-state index is -0.992. The van der Waals surface area contributed by atoms with Crippen molar-refractivity contribution < 1.29 is 44.0 Å². The van der Waals surface area contributed by atoms with Gasteiger partial charge in [0.1, 0.15) is 17.5 Å². The lowest BCUT2D eigenvalue weighted by atomic mass is 9.72. The summed E-state index contributed by atoms with van der Waals surface area (Å²) in [6, 6.07) is 37.2. The van der Waals surface area contributed by atoms with Crippen molar-refractivity contribution in [2.45, 2.75) is 166 Å². The van der Waals surface area contributed by atoms with E-state index in [4.69, 9.17) is 4.74 Å². The molecular formula is C69H93N7O9S. The first-order valence-corrected chi connectivity index (χ1v) is 31.7. The third-order valence-electron chi connectivity index (χ3n) is 16.6. The van der Waals surface area contributed by atoms with Gasteiger partial charge in [-0.2, -0.15) is 0 Å². The standard InChI is InChI=1S/C37H48N4O5.C32H45N3O4S/c1-25(2)34(41-20-12-19-38-37(41)45)36(44)39-30(21-28-15-7-5-8-16-28)23-32(42)31(22-29-17-9-6-10-18-29)40-33(43)24-46-35-26(3)13-11-14-27(35)4;1-21-25(15-10-16-28(21)36)30(38)33-26(20-40-24-13-6-5-7-14-24)29(37)19-35-18-23-12-9-8-11-22(23)17-27(35)31(39)34-32(2,3)4/h5-11,13-18,25,30-32,34,42H,12,19-24H2,1-4H3,(H,38,45)(H,39,44)(H,40,43);5-7,10,13-16,22-23,26-27,29,36-37H,8-9,11-12,17-20H2,1-4H3,(H,33,38)(H,34,39)/t30-,31-,32-,34-;22-,23+,26-,27-,29+/m00/s1. The Balaban J connectivity index is 0.000000248. The average molecular weight is 1200 g/mol. The summed E-state index contributed by atoms with van der Waals surface area (Å²) < 4.78 is 5.90. The second-order valence-corrected chi connectivity index (χ2v) is 26.1. The maximum atomic E-state index is 13.8. The van der Waals surface area contributed by atoms with Crippen LogP contribution < -0.4 is 31.3 Å². The van der Waals surface area contributed by atoms with Gasteiger partial charge in [-0.3, -0.25) is 24.1 Å². The molecule has 16 nitrogen and oxygen atoms in total. The van der Waals surface area contributed by atoms with E-state index < -0.39 is 36.4 Å². The Labute approximate surface area is 514 Å². The number of benzene rings is 5. The fourth-order valence-corrected chi connectivity index (χ4v) is 13.2. The second kappa shape index (κ2) is 32.2. The highest BCUT2D eigenvalue weighted by Gasteiger charge is 2.42. The molecule has 5 aromatic carbocycles. The topological polar surface area (TPSA) is 222 Å². The van der Waals surface area contributed by atoms with Gasteiger partial charge in [-0.15, -0.1) is 11.8 Å². The number of nitrogens with one attached hydrogen (secondary N) is 5. The number of aryl methyl sites for hydroxylation is 2. The van der Waals surface area contributed by atoms with Gasteiger partial charge in [0.25, 0.3) is 11.8 Å². The van der Waals surface area contributed by atoms with E-state index in [-0.39, 0.29) is 65.9 Å². The molecule has 8 N–H and O–H groups in total. The molecule has 1 saturated carbocycles. The van der Waals surface area contributed by atoms with E-state index in [1.54, 1.807) is 41.8 Å². The smallest absolute Gasteiger partial charge is 0.318 e. The summed E-state index contributed by atoms with van der Waals surface area (Å²) in [5.41, 5.74) is 4.39. The van der Waals surface area contributed by atoms with Gasteiger partial charge >= 0.3 is 6.03 Å². The maximum absolute atomic E-state index is 13.8. The number of carbonyl (C=O) groups is 5. The Bertz CT molecular complexity index is 2960. The zero-order valence-corrected chi connectivity index (χ0v) is 52.4. The molecule has 0 unspecified atom stereocenters. The van der Waals surface area contributed by atoms with Crippen LogP contribution in [0.15, 0.2) is 132 Å². The van der Waals surface area contributed by atoms with Crippen molar-refractivity contribution in [3.63, 3.8) is 0 Å². The number of amides is 6. The predicted molar refractivity (Wildman–Crippen MR) is 340 cm³/mol. The summed E-state index contributed by atoms with van der Waals surface area (Å²) in [5.74, 6) is 1.22. The third kappa shape index (κ3) is 19.8. The predicted octanol–water partition coefficient (Wildman–Crippen LogP) is 9.08. The highest BCUT2D eigenvalue weighted by atomic mass is 32.2. The number of aromatic hydroxyl groups is 1. The number of carbonyl (C=O) groups excluding carboxylic acids is 5. The van der Waals surface area contributed by atoms with Gasteiger partial charge in [0, 0.05) is 59.5 Å². The average Bonchev–Trinajstić information content (AvgIpc) is 2.67. The first-order chi connectivity index (χ1) is 41.1. The van der Waals surface area contributed by atoms with E-state index in [0.717, 1.165) is 59.4 Å². The number of para-hydroxylation sites is 1. The van der Waals surface area contributed by atoms with Gasteiger partial charge in [-0.25, -0.2) is 4.79 Å². The Morgan fingerprint density at radius 1 is 0.733 bits per heavy atom. The minimum Gasteiger partial charge on any atom is -0.508 e. The fraction of sp³-hybridized carbons (Fsp3) is 0.493. The summed E-state index contributed by atoms with van der Waals surface area (Å²) in [4.78, 5) is 71.3. The van der Waals surface area contributed by atoms with Gasteiger partial charge < -0.3 is 51.5 Å². The lowest BCUT2D eigenvalue weighted by Crippen LogP contribution is -2.60. The van der Waals surface area contributed by atoms with E-state index in [2.05, 4.69) is 31.5 Å². The molecule has 0 spiro atoms. The van der Waals surface area contributed by atoms with E-state index in [9.17, 15) is 39.3 Å². The Morgan fingerprint density at radius 3 is 1.98 bits per heavy atom. The Kier molecular flexibility index (Phi) is 24.9. The summed E-state index contributed by atoms with van der Waals surface area (Å²) in [6.45, 7) is 17.4. The van der Waals surface area contributed by atoms with Crippen LogP contribution in [0.5, 0.6) is 11.5 Å². The van der Waals surface area contributed by atoms with Gasteiger partial charge in [0.05, 0.1) is 30.3 Å². The molecule has 3 aliphatic rings. The summed E-state index contributed by atoms with van der Waals surface area (Å²) >= 11 is 1.57. The molecule has 0 bridgehead atoms. The lowest BCUT2D eigenvalue weighted by Gasteiger charge is -2.47. The van der Waals surface area contributed by atoms with Crippen LogP contribution in [0.4, 0.5) is 4.79 Å². The number of urea groups is 1. The van der Waals surface area contributed by atoms with Gasteiger partial charge in [0.2, 0.25) is 11.8 Å². The number of ether oxygens (including phenoxy) is 1. The molecule has 2 saturated heterocycles. The first kappa shape index (κ1) is 66.6. The number of fused-ring (bicyclic) bond motifs is 1. The first-order valence-electron chi connectivity index (χ1n) is 30.7. The summed E-state index contributed by atoms with van der Waals surface area (Å²) in [5, 5.41) is 48.7. The molecular weight excluding hydrogens is 1100 g/mol. The van der Waals surface area contributed by atoms with Crippen LogP contribution in [-0.4, -0.2) is 141 Å². The quantitative estimate of drug-likeness (QED) is 0.0272. The van der Waals surface area contributed by atoms with Gasteiger partial charge in [-0.1, -0.05) is 136 Å². The molecule has 6 amide bonds.